The number of hydrogen-bond acceptors (Lipinski definition) is 1. The molecule has 110 valence electrons. The van der Waals surface area contributed by atoms with Crippen LogP contribution in [0.1, 0.15) is 37.3 Å². The lowest BCUT2D eigenvalue weighted by Gasteiger charge is -2.36. The number of amides is 1. The van der Waals surface area contributed by atoms with E-state index in [2.05, 4.69) is 10.2 Å². The maximum atomic E-state index is 15.2. The Bertz CT molecular complexity index is 655. The normalized spacial score (nSPS) is 36.1. The minimum atomic E-state index is -1.00. The molecule has 1 aromatic heterocycles. The van der Waals surface area contributed by atoms with Gasteiger partial charge in [-0.15, -0.1) is 0 Å². The van der Waals surface area contributed by atoms with Crippen LogP contribution in [0.3, 0.4) is 0 Å². The molecule has 3 aliphatic rings. The van der Waals surface area contributed by atoms with Crippen molar-refractivity contribution in [3.63, 3.8) is 0 Å². The fourth-order valence-corrected chi connectivity index (χ4v) is 4.49. The van der Waals surface area contributed by atoms with Gasteiger partial charge >= 0.3 is 0 Å². The molecular formula is C16H18FN3O. The van der Waals surface area contributed by atoms with Gasteiger partial charge in [-0.25, -0.2) is 4.39 Å². The molecule has 4 unspecified atom stereocenters. The standard InChI is InChI=1S/C16H18FN3O/c1-18-12-6-5-11(20(12)2)9-3-4-10-13(14(9)17)16(7-8-16)15(21)19-10/h5-6,9-10,13-14H,3-4,7-8H2,2H3,(H,19,21). The van der Waals surface area contributed by atoms with Gasteiger partial charge in [0.25, 0.3) is 0 Å². The second-order valence-electron chi connectivity index (χ2n) is 6.68. The second-order valence-corrected chi connectivity index (χ2v) is 6.68. The lowest BCUT2D eigenvalue weighted by molar-refractivity contribution is -0.124. The van der Waals surface area contributed by atoms with E-state index < -0.39 is 11.6 Å². The highest BCUT2D eigenvalue weighted by Gasteiger charge is 2.67. The predicted molar refractivity (Wildman–Crippen MR) is 75.6 cm³/mol. The molecule has 0 aromatic carbocycles. The summed E-state index contributed by atoms with van der Waals surface area (Å²) in [6.45, 7) is 7.14. The molecular weight excluding hydrogens is 269 g/mol. The third kappa shape index (κ3) is 1.56. The number of carbonyl (C=O) groups excluding carboxylic acids is 1. The number of carbonyl (C=O) groups is 1. The molecule has 1 N–H and O–H groups in total. The SMILES string of the molecule is [C-]#[N+]c1ccc(C2CCC3NC(=O)C4(CC4)C3C2F)n1C. The van der Waals surface area contributed by atoms with E-state index in [9.17, 15) is 4.79 Å². The minimum Gasteiger partial charge on any atom is -0.364 e. The Morgan fingerprint density at radius 3 is 2.81 bits per heavy atom. The van der Waals surface area contributed by atoms with E-state index in [1.165, 1.54) is 0 Å². The summed E-state index contributed by atoms with van der Waals surface area (Å²) in [5, 5.41) is 3.01. The fourth-order valence-electron chi connectivity index (χ4n) is 4.49. The summed E-state index contributed by atoms with van der Waals surface area (Å²) in [6, 6.07) is 3.63. The van der Waals surface area contributed by atoms with Crippen LogP contribution in [-0.2, 0) is 11.8 Å². The average Bonchev–Trinajstić information content (AvgIpc) is 3.10. The van der Waals surface area contributed by atoms with Gasteiger partial charge in [-0.1, -0.05) is 6.57 Å². The molecule has 2 aliphatic carbocycles. The van der Waals surface area contributed by atoms with Crippen LogP contribution in [0.5, 0.6) is 0 Å². The van der Waals surface area contributed by atoms with Gasteiger partial charge in [0.2, 0.25) is 11.7 Å². The Kier molecular flexibility index (Phi) is 2.51. The van der Waals surface area contributed by atoms with Crippen LogP contribution in [0.2, 0.25) is 0 Å². The zero-order chi connectivity index (χ0) is 14.8. The topological polar surface area (TPSA) is 38.4 Å². The smallest absolute Gasteiger partial charge is 0.230 e. The number of alkyl halides is 1. The lowest BCUT2D eigenvalue weighted by atomic mass is 9.70. The number of nitrogens with zero attached hydrogens (tertiary/aromatic N) is 2. The first-order chi connectivity index (χ1) is 10.1. The second kappa shape index (κ2) is 4.09. The molecule has 4 nitrogen and oxygen atoms in total. The van der Waals surface area contributed by atoms with Crippen molar-refractivity contribution in [2.75, 3.05) is 0 Å². The van der Waals surface area contributed by atoms with Crippen molar-refractivity contribution >= 4 is 11.7 Å². The Balaban J connectivity index is 1.68. The highest BCUT2D eigenvalue weighted by Crippen LogP contribution is 2.62. The zero-order valence-corrected chi connectivity index (χ0v) is 12.0. The third-order valence-corrected chi connectivity index (χ3v) is 5.77. The van der Waals surface area contributed by atoms with E-state index in [0.29, 0.717) is 5.82 Å². The Morgan fingerprint density at radius 2 is 2.19 bits per heavy atom. The lowest BCUT2D eigenvalue weighted by Crippen LogP contribution is -2.42. The van der Waals surface area contributed by atoms with Crippen molar-refractivity contribution in [3.05, 3.63) is 29.2 Å². The van der Waals surface area contributed by atoms with Gasteiger partial charge in [0.15, 0.2) is 0 Å². The average molecular weight is 287 g/mol. The molecule has 4 rings (SSSR count). The quantitative estimate of drug-likeness (QED) is 0.792. The molecule has 1 aliphatic heterocycles. The molecule has 0 bridgehead atoms. The first-order valence-electron chi connectivity index (χ1n) is 7.56. The van der Waals surface area contributed by atoms with Crippen LogP contribution < -0.4 is 5.32 Å². The Hall–Kier alpha value is -1.83. The molecule has 1 saturated heterocycles. The van der Waals surface area contributed by atoms with Gasteiger partial charge < -0.3 is 10.2 Å². The van der Waals surface area contributed by atoms with Crippen molar-refractivity contribution in [1.82, 2.24) is 9.88 Å². The molecule has 0 radical (unpaired) electrons. The number of aromatic nitrogens is 1. The zero-order valence-electron chi connectivity index (χ0n) is 12.0. The Labute approximate surface area is 123 Å². The van der Waals surface area contributed by atoms with E-state index >= 15 is 4.39 Å². The highest BCUT2D eigenvalue weighted by atomic mass is 19.1. The molecule has 2 saturated carbocycles. The van der Waals surface area contributed by atoms with E-state index in [4.69, 9.17) is 6.57 Å². The maximum absolute atomic E-state index is 15.2. The number of nitrogens with one attached hydrogen (secondary N) is 1. The molecule has 3 fully saturated rings. The van der Waals surface area contributed by atoms with Gasteiger partial charge in [0.05, 0.1) is 24.1 Å². The van der Waals surface area contributed by atoms with E-state index in [1.807, 2.05) is 13.1 Å². The third-order valence-electron chi connectivity index (χ3n) is 5.77. The van der Waals surface area contributed by atoms with Crippen molar-refractivity contribution in [2.24, 2.45) is 18.4 Å². The van der Waals surface area contributed by atoms with Crippen molar-refractivity contribution in [1.29, 1.82) is 0 Å². The molecule has 4 atom stereocenters. The number of halogens is 1. The first kappa shape index (κ1) is 12.9. The van der Waals surface area contributed by atoms with Crippen LogP contribution in [0.15, 0.2) is 12.1 Å². The van der Waals surface area contributed by atoms with Crippen LogP contribution >= 0.6 is 0 Å². The molecule has 1 spiro atoms. The monoisotopic (exact) mass is 287 g/mol. The summed E-state index contributed by atoms with van der Waals surface area (Å²) in [7, 11) is 1.83. The summed E-state index contributed by atoms with van der Waals surface area (Å²) in [5.41, 5.74) is 0.471. The van der Waals surface area contributed by atoms with E-state index in [-0.39, 0.29) is 23.8 Å². The summed E-state index contributed by atoms with van der Waals surface area (Å²) >= 11 is 0. The molecule has 21 heavy (non-hydrogen) atoms. The van der Waals surface area contributed by atoms with E-state index in [0.717, 1.165) is 31.4 Å². The fraction of sp³-hybridized carbons (Fsp3) is 0.625. The summed E-state index contributed by atoms with van der Waals surface area (Å²) < 4.78 is 17.0. The maximum Gasteiger partial charge on any atom is 0.230 e. The van der Waals surface area contributed by atoms with Crippen LogP contribution in [0.25, 0.3) is 4.85 Å². The summed E-state index contributed by atoms with van der Waals surface area (Å²) in [5.74, 6) is 0.225. The summed E-state index contributed by atoms with van der Waals surface area (Å²) in [4.78, 5) is 15.6. The first-order valence-corrected chi connectivity index (χ1v) is 7.56. The van der Waals surface area contributed by atoms with Crippen molar-refractivity contribution < 1.29 is 9.18 Å². The van der Waals surface area contributed by atoms with Gasteiger partial charge in [-0.05, 0) is 37.8 Å². The van der Waals surface area contributed by atoms with Gasteiger partial charge in [-0.3, -0.25) is 9.36 Å². The highest BCUT2D eigenvalue weighted by molar-refractivity contribution is 5.88. The molecule has 5 heteroatoms. The molecule has 1 amide bonds. The minimum absolute atomic E-state index is 0.00634. The largest absolute Gasteiger partial charge is 0.364 e. The number of rotatable bonds is 1. The van der Waals surface area contributed by atoms with Crippen LogP contribution in [0.4, 0.5) is 10.2 Å². The van der Waals surface area contributed by atoms with Gasteiger partial charge in [-0.2, -0.15) is 0 Å². The predicted octanol–water partition coefficient (Wildman–Crippen LogP) is 2.69. The summed E-state index contributed by atoms with van der Waals surface area (Å²) in [6.07, 6.45) is 2.22. The Morgan fingerprint density at radius 1 is 1.43 bits per heavy atom. The molecule has 2 heterocycles. The number of hydrogen-bond donors (Lipinski definition) is 1. The van der Waals surface area contributed by atoms with Crippen LogP contribution in [-0.4, -0.2) is 22.7 Å². The van der Waals surface area contributed by atoms with Crippen LogP contribution in [0, 0.1) is 17.9 Å². The molecule has 1 aromatic rings. The van der Waals surface area contributed by atoms with Crippen molar-refractivity contribution in [3.8, 4) is 0 Å². The van der Waals surface area contributed by atoms with Gasteiger partial charge in [0.1, 0.15) is 6.17 Å². The van der Waals surface area contributed by atoms with Crippen molar-refractivity contribution in [2.45, 2.75) is 43.8 Å². The van der Waals surface area contributed by atoms with E-state index in [1.54, 1.807) is 10.6 Å². The number of fused-ring (bicyclic) bond motifs is 2. The van der Waals surface area contributed by atoms with Gasteiger partial charge in [0, 0.05) is 12.0 Å².